The Morgan fingerprint density at radius 1 is 1.07 bits per heavy atom. The lowest BCUT2D eigenvalue weighted by Gasteiger charge is -2.20. The van der Waals surface area contributed by atoms with Gasteiger partial charge in [0.15, 0.2) is 10.7 Å². The van der Waals surface area contributed by atoms with Crippen LogP contribution in [0.1, 0.15) is 33.0 Å². The molecule has 0 fully saturated rings. The molecule has 1 aromatic heterocycles. The molecule has 30 heavy (non-hydrogen) atoms. The predicted octanol–water partition coefficient (Wildman–Crippen LogP) is 4.61. The molecule has 1 heterocycles. The Morgan fingerprint density at radius 2 is 1.77 bits per heavy atom. The molecule has 0 saturated carbocycles. The maximum atomic E-state index is 14.7. The topological polar surface area (TPSA) is 67.8 Å². The quantitative estimate of drug-likeness (QED) is 0.616. The van der Waals surface area contributed by atoms with Gasteiger partial charge in [0.2, 0.25) is 0 Å². The molecule has 1 amide bonds. The second kappa shape index (κ2) is 8.83. The van der Waals surface area contributed by atoms with E-state index in [1.807, 2.05) is 6.92 Å². The minimum absolute atomic E-state index is 0.117. The number of amides is 1. The molecule has 0 unspecified atom stereocenters. The van der Waals surface area contributed by atoms with Crippen LogP contribution in [-0.4, -0.2) is 27.6 Å². The summed E-state index contributed by atoms with van der Waals surface area (Å²) < 4.78 is 42.5. The van der Waals surface area contributed by atoms with Gasteiger partial charge >= 0.3 is 0 Å². The van der Waals surface area contributed by atoms with Crippen molar-refractivity contribution in [1.82, 2.24) is 20.5 Å². The van der Waals surface area contributed by atoms with E-state index >= 15 is 0 Å². The van der Waals surface area contributed by atoms with Crippen LogP contribution in [0.4, 0.5) is 13.2 Å². The number of alkyl halides is 2. The smallest absolute Gasteiger partial charge is 0.290 e. The molecule has 0 saturated heterocycles. The molecule has 0 radical (unpaired) electrons. The highest BCUT2D eigenvalue weighted by molar-refractivity contribution is 7.99. The van der Waals surface area contributed by atoms with Crippen molar-refractivity contribution in [2.75, 3.05) is 6.54 Å². The molecular formula is C21H19F3N4OS. The van der Waals surface area contributed by atoms with E-state index in [9.17, 15) is 18.0 Å². The maximum absolute atomic E-state index is 14.7. The fourth-order valence-corrected chi connectivity index (χ4v) is 3.63. The third-order valence-electron chi connectivity index (χ3n) is 4.25. The molecule has 0 bridgehead atoms. The van der Waals surface area contributed by atoms with E-state index in [0.717, 1.165) is 17.3 Å². The fourth-order valence-electron chi connectivity index (χ4n) is 2.82. The molecule has 2 aromatic carbocycles. The lowest BCUT2D eigenvalue weighted by atomic mass is 10.0. The van der Waals surface area contributed by atoms with Gasteiger partial charge in [-0.15, -0.1) is 10.2 Å². The van der Waals surface area contributed by atoms with Gasteiger partial charge in [-0.1, -0.05) is 35.5 Å². The van der Waals surface area contributed by atoms with Gasteiger partial charge in [-0.2, -0.15) is 8.78 Å². The van der Waals surface area contributed by atoms with Gasteiger partial charge in [0, 0.05) is 10.5 Å². The number of carbonyl (C=O) groups is 1. The summed E-state index contributed by atoms with van der Waals surface area (Å²) in [5, 5.41) is 10.2. The van der Waals surface area contributed by atoms with Gasteiger partial charge in [0.25, 0.3) is 11.8 Å². The van der Waals surface area contributed by atoms with Gasteiger partial charge in [0.05, 0.1) is 6.54 Å². The first-order chi connectivity index (χ1) is 14.2. The number of nitrogens with zero attached hydrogens (tertiary/aromatic N) is 3. The van der Waals surface area contributed by atoms with Crippen LogP contribution in [0.15, 0.2) is 52.4 Å². The minimum atomic E-state index is -3.26. The van der Waals surface area contributed by atoms with E-state index in [2.05, 4.69) is 20.5 Å². The number of aromatic nitrogens is 3. The zero-order chi connectivity index (χ0) is 21.9. The molecule has 9 heteroatoms. The molecule has 0 atom stereocenters. The minimum Gasteiger partial charge on any atom is -0.344 e. The molecule has 0 aliphatic rings. The Kier molecular flexibility index (Phi) is 6.40. The number of hydrogen-bond donors (Lipinski definition) is 1. The average Bonchev–Trinajstić information content (AvgIpc) is 2.69. The first-order valence-electron chi connectivity index (χ1n) is 9.04. The third-order valence-corrected chi connectivity index (χ3v) is 5.23. The van der Waals surface area contributed by atoms with Crippen molar-refractivity contribution in [2.45, 2.75) is 36.6 Å². The van der Waals surface area contributed by atoms with Crippen molar-refractivity contribution in [3.05, 3.63) is 76.5 Å². The third kappa shape index (κ3) is 5.15. The largest absolute Gasteiger partial charge is 0.344 e. The highest BCUT2D eigenvalue weighted by Crippen LogP contribution is 2.31. The van der Waals surface area contributed by atoms with E-state index in [4.69, 9.17) is 0 Å². The Bertz CT molecular complexity index is 1070. The molecule has 1 N–H and O–H groups in total. The monoisotopic (exact) mass is 432 g/mol. The maximum Gasteiger partial charge on any atom is 0.290 e. The van der Waals surface area contributed by atoms with Crippen molar-refractivity contribution < 1.29 is 18.0 Å². The molecule has 3 aromatic rings. The average molecular weight is 432 g/mol. The molecule has 3 rings (SSSR count). The van der Waals surface area contributed by atoms with Crippen LogP contribution in [0.25, 0.3) is 0 Å². The van der Waals surface area contributed by atoms with Gasteiger partial charge in [-0.3, -0.25) is 4.79 Å². The Balaban J connectivity index is 1.79. The van der Waals surface area contributed by atoms with Crippen LogP contribution >= 0.6 is 11.8 Å². The molecule has 5 nitrogen and oxygen atoms in total. The zero-order valence-corrected chi connectivity index (χ0v) is 17.4. The lowest BCUT2D eigenvalue weighted by molar-refractivity contribution is -0.00316. The lowest BCUT2D eigenvalue weighted by Crippen LogP contribution is -2.36. The normalized spacial score (nSPS) is 11.4. The standard InChI is InChI=1S/C21H19F3N4OS/c1-12-4-9-17(13(2)10-12)21(23,24)11-25-19(29)18-20(28-27-14(3)26-18)30-16-7-5-15(22)6-8-16/h4-10H,11H2,1-3H3,(H,25,29). The van der Waals surface area contributed by atoms with Crippen LogP contribution < -0.4 is 5.32 Å². The Labute approximate surface area is 176 Å². The summed E-state index contributed by atoms with van der Waals surface area (Å²) in [5.74, 6) is -4.22. The second-order valence-corrected chi connectivity index (χ2v) is 7.84. The van der Waals surface area contributed by atoms with Crippen LogP contribution in [0.2, 0.25) is 0 Å². The van der Waals surface area contributed by atoms with E-state index in [1.54, 1.807) is 26.0 Å². The SMILES string of the molecule is Cc1ccc(C(F)(F)CNC(=O)c2nc(C)nnc2Sc2ccc(F)cc2)c(C)c1. The van der Waals surface area contributed by atoms with E-state index < -0.39 is 24.2 Å². The van der Waals surface area contributed by atoms with Crippen molar-refractivity contribution in [3.63, 3.8) is 0 Å². The molecular weight excluding hydrogens is 413 g/mol. The summed E-state index contributed by atoms with van der Waals surface area (Å²) in [6.07, 6.45) is 0. The summed E-state index contributed by atoms with van der Waals surface area (Å²) in [7, 11) is 0. The van der Waals surface area contributed by atoms with Crippen LogP contribution in [-0.2, 0) is 5.92 Å². The van der Waals surface area contributed by atoms with E-state index in [1.165, 1.54) is 30.3 Å². The predicted molar refractivity (Wildman–Crippen MR) is 107 cm³/mol. The van der Waals surface area contributed by atoms with Gasteiger partial charge < -0.3 is 5.32 Å². The number of halogens is 3. The Hall–Kier alpha value is -2.94. The van der Waals surface area contributed by atoms with Crippen LogP contribution in [0.3, 0.4) is 0 Å². The number of hydrogen-bond acceptors (Lipinski definition) is 5. The van der Waals surface area contributed by atoms with Gasteiger partial charge in [-0.25, -0.2) is 9.37 Å². The van der Waals surface area contributed by atoms with Gasteiger partial charge in [-0.05, 0) is 50.6 Å². The van der Waals surface area contributed by atoms with Gasteiger partial charge in [0.1, 0.15) is 11.6 Å². The first-order valence-corrected chi connectivity index (χ1v) is 9.86. The number of rotatable bonds is 6. The summed E-state index contributed by atoms with van der Waals surface area (Å²) in [6.45, 7) is 4.08. The van der Waals surface area contributed by atoms with Crippen molar-refractivity contribution in [3.8, 4) is 0 Å². The summed E-state index contributed by atoms with van der Waals surface area (Å²) in [4.78, 5) is 17.3. The van der Waals surface area contributed by atoms with Crippen molar-refractivity contribution in [2.24, 2.45) is 0 Å². The van der Waals surface area contributed by atoms with E-state index in [-0.39, 0.29) is 22.1 Å². The summed E-state index contributed by atoms with van der Waals surface area (Å²) >= 11 is 1.04. The summed E-state index contributed by atoms with van der Waals surface area (Å²) in [5.41, 5.74) is 1.06. The second-order valence-electron chi connectivity index (χ2n) is 6.77. The molecule has 0 aliphatic heterocycles. The Morgan fingerprint density at radius 3 is 2.43 bits per heavy atom. The highest BCUT2D eigenvalue weighted by Gasteiger charge is 2.34. The molecule has 0 spiro atoms. The summed E-state index contributed by atoms with van der Waals surface area (Å²) in [6, 6.07) is 10.2. The molecule has 0 aliphatic carbocycles. The van der Waals surface area contributed by atoms with Crippen molar-refractivity contribution >= 4 is 17.7 Å². The number of nitrogens with one attached hydrogen (secondary N) is 1. The van der Waals surface area contributed by atoms with Crippen LogP contribution in [0, 0.1) is 26.6 Å². The fraction of sp³-hybridized carbons (Fsp3) is 0.238. The highest BCUT2D eigenvalue weighted by atomic mass is 32.2. The van der Waals surface area contributed by atoms with Crippen molar-refractivity contribution in [1.29, 1.82) is 0 Å². The zero-order valence-electron chi connectivity index (χ0n) is 16.5. The van der Waals surface area contributed by atoms with E-state index in [0.29, 0.717) is 10.5 Å². The first kappa shape index (κ1) is 21.8. The number of aryl methyl sites for hydroxylation is 3. The van der Waals surface area contributed by atoms with Crippen LogP contribution in [0.5, 0.6) is 0 Å². The number of carbonyl (C=O) groups excluding carboxylic acids is 1. The number of benzene rings is 2. The molecule has 156 valence electrons.